The number of hydrogen-bond acceptors (Lipinski definition) is 1. The Balaban J connectivity index is 2.52. The van der Waals surface area contributed by atoms with Crippen LogP contribution in [0.5, 0.6) is 0 Å². The summed E-state index contributed by atoms with van der Waals surface area (Å²) in [5.41, 5.74) is 1.32. The number of pyridine rings is 1. The van der Waals surface area contributed by atoms with Crippen LogP contribution in [0.1, 0.15) is 17.0 Å². The van der Waals surface area contributed by atoms with E-state index in [1.54, 1.807) is 13.8 Å². The topological polar surface area (TPSA) is 32.9 Å². The fraction of sp³-hybridized carbons (Fsp3) is 0.214. The van der Waals surface area contributed by atoms with E-state index in [1.165, 1.54) is 18.2 Å². The van der Waals surface area contributed by atoms with Crippen molar-refractivity contribution in [1.29, 1.82) is 0 Å². The summed E-state index contributed by atoms with van der Waals surface area (Å²) >= 11 is 0. The van der Waals surface area contributed by atoms with Gasteiger partial charge in [-0.1, -0.05) is 12.1 Å². The number of benzene rings is 1. The Bertz CT molecular complexity index is 654. The first-order valence-electron chi connectivity index (χ1n) is 5.67. The monoisotopic (exact) mass is 267 g/mol. The molecular formula is C14H12F3NO. The summed E-state index contributed by atoms with van der Waals surface area (Å²) in [5, 5.41) is 0. The Morgan fingerprint density at radius 3 is 2.11 bits per heavy atom. The molecule has 1 N–H and O–H groups in total. The predicted octanol–water partition coefficient (Wildman–Crippen LogP) is 3.68. The summed E-state index contributed by atoms with van der Waals surface area (Å²) in [4.78, 5) is 14.9. The Morgan fingerprint density at radius 2 is 1.63 bits per heavy atom. The summed E-state index contributed by atoms with van der Waals surface area (Å²) in [6.45, 7) is 3.48. The van der Waals surface area contributed by atoms with Crippen molar-refractivity contribution in [2.24, 2.45) is 0 Å². The van der Waals surface area contributed by atoms with Crippen molar-refractivity contribution >= 4 is 0 Å². The highest BCUT2D eigenvalue weighted by Crippen LogP contribution is 2.30. The highest BCUT2D eigenvalue weighted by Gasteiger charge is 2.30. The van der Waals surface area contributed by atoms with Gasteiger partial charge in [-0.3, -0.25) is 4.79 Å². The van der Waals surface area contributed by atoms with E-state index in [0.29, 0.717) is 16.8 Å². The molecule has 0 aliphatic rings. The quantitative estimate of drug-likeness (QED) is 0.840. The lowest BCUT2D eigenvalue weighted by molar-refractivity contribution is -0.137. The Morgan fingerprint density at radius 1 is 1.05 bits per heavy atom. The average Bonchev–Trinajstić information content (AvgIpc) is 2.27. The largest absolute Gasteiger partial charge is 0.416 e. The van der Waals surface area contributed by atoms with Gasteiger partial charge in [-0.15, -0.1) is 0 Å². The normalized spacial score (nSPS) is 11.6. The molecule has 5 heteroatoms. The number of rotatable bonds is 1. The van der Waals surface area contributed by atoms with E-state index >= 15 is 0 Å². The zero-order valence-corrected chi connectivity index (χ0v) is 10.4. The Kier molecular flexibility index (Phi) is 3.22. The maximum atomic E-state index is 12.5. The van der Waals surface area contributed by atoms with Gasteiger partial charge >= 0.3 is 6.18 Å². The second-order valence-electron chi connectivity index (χ2n) is 4.39. The molecule has 0 unspecified atom stereocenters. The predicted molar refractivity (Wildman–Crippen MR) is 67.0 cm³/mol. The number of aromatic nitrogens is 1. The van der Waals surface area contributed by atoms with Crippen molar-refractivity contribution in [1.82, 2.24) is 4.98 Å². The van der Waals surface area contributed by atoms with Crippen molar-refractivity contribution in [3.63, 3.8) is 0 Å². The van der Waals surface area contributed by atoms with Crippen molar-refractivity contribution in [3.05, 3.63) is 57.5 Å². The van der Waals surface area contributed by atoms with Crippen LogP contribution >= 0.6 is 0 Å². The SMILES string of the molecule is Cc1cc(=O)c(-c2ccc(C(F)(F)F)cc2)c(C)[nH]1. The minimum absolute atomic E-state index is 0.200. The first kappa shape index (κ1) is 13.4. The molecule has 0 amide bonds. The van der Waals surface area contributed by atoms with Gasteiger partial charge in [0.1, 0.15) is 0 Å². The fourth-order valence-electron chi connectivity index (χ4n) is 2.03. The molecule has 0 saturated heterocycles. The number of nitrogens with one attached hydrogen (secondary N) is 1. The molecule has 1 aromatic heterocycles. The molecule has 0 atom stereocenters. The lowest BCUT2D eigenvalue weighted by Gasteiger charge is -2.09. The van der Waals surface area contributed by atoms with E-state index < -0.39 is 11.7 Å². The van der Waals surface area contributed by atoms with Gasteiger partial charge in [-0.25, -0.2) is 0 Å². The van der Waals surface area contributed by atoms with Gasteiger partial charge in [0.2, 0.25) is 0 Å². The molecule has 0 aliphatic carbocycles. The Labute approximate surface area is 107 Å². The first-order chi connectivity index (χ1) is 8.79. The number of alkyl halides is 3. The minimum atomic E-state index is -4.37. The van der Waals surface area contributed by atoms with Crippen molar-refractivity contribution < 1.29 is 13.2 Å². The van der Waals surface area contributed by atoms with Crippen LogP contribution in [0.2, 0.25) is 0 Å². The molecular weight excluding hydrogens is 255 g/mol. The second-order valence-corrected chi connectivity index (χ2v) is 4.39. The average molecular weight is 267 g/mol. The van der Waals surface area contributed by atoms with Crippen molar-refractivity contribution in [2.45, 2.75) is 20.0 Å². The summed E-state index contributed by atoms with van der Waals surface area (Å²) < 4.78 is 37.4. The van der Waals surface area contributed by atoms with E-state index in [-0.39, 0.29) is 5.43 Å². The maximum Gasteiger partial charge on any atom is 0.416 e. The fourth-order valence-corrected chi connectivity index (χ4v) is 2.03. The lowest BCUT2D eigenvalue weighted by Crippen LogP contribution is -2.09. The van der Waals surface area contributed by atoms with Gasteiger partial charge in [0.25, 0.3) is 0 Å². The van der Waals surface area contributed by atoms with Gasteiger partial charge < -0.3 is 4.98 Å². The number of hydrogen-bond donors (Lipinski definition) is 1. The third-order valence-corrected chi connectivity index (χ3v) is 2.85. The van der Waals surface area contributed by atoms with Gasteiger partial charge in [0.05, 0.1) is 5.56 Å². The zero-order chi connectivity index (χ0) is 14.2. The highest BCUT2D eigenvalue weighted by atomic mass is 19.4. The molecule has 1 heterocycles. The maximum absolute atomic E-state index is 12.5. The standard InChI is InChI=1S/C14H12F3NO/c1-8-7-12(19)13(9(2)18-8)10-3-5-11(6-4-10)14(15,16)17/h3-7H,1-2H3,(H,18,19). The van der Waals surface area contributed by atoms with Gasteiger partial charge in [-0.2, -0.15) is 13.2 Å². The van der Waals surface area contributed by atoms with Gasteiger partial charge in [0, 0.05) is 23.0 Å². The van der Waals surface area contributed by atoms with E-state index in [9.17, 15) is 18.0 Å². The highest BCUT2D eigenvalue weighted by molar-refractivity contribution is 5.66. The van der Waals surface area contributed by atoms with Crippen LogP contribution in [0, 0.1) is 13.8 Å². The number of H-pyrrole nitrogens is 1. The third kappa shape index (κ3) is 2.70. The van der Waals surface area contributed by atoms with E-state index in [4.69, 9.17) is 0 Å². The van der Waals surface area contributed by atoms with Crippen LogP contribution in [0.25, 0.3) is 11.1 Å². The summed E-state index contributed by atoms with van der Waals surface area (Å²) in [6.07, 6.45) is -4.37. The van der Waals surface area contributed by atoms with Crippen LogP contribution < -0.4 is 5.43 Å². The summed E-state index contributed by atoms with van der Waals surface area (Å²) in [6, 6.07) is 6.02. The number of aryl methyl sites for hydroxylation is 2. The molecule has 2 rings (SSSR count). The second kappa shape index (κ2) is 4.57. The van der Waals surface area contributed by atoms with Crippen LogP contribution in [0.4, 0.5) is 13.2 Å². The molecule has 0 spiro atoms. The van der Waals surface area contributed by atoms with E-state index in [2.05, 4.69) is 4.98 Å². The first-order valence-corrected chi connectivity index (χ1v) is 5.67. The number of aromatic amines is 1. The van der Waals surface area contributed by atoms with Crippen LogP contribution in [-0.4, -0.2) is 4.98 Å². The molecule has 100 valence electrons. The molecule has 0 bridgehead atoms. The van der Waals surface area contributed by atoms with Gasteiger partial charge in [-0.05, 0) is 31.5 Å². The molecule has 0 fully saturated rings. The zero-order valence-electron chi connectivity index (χ0n) is 10.4. The molecule has 1 aromatic carbocycles. The third-order valence-electron chi connectivity index (χ3n) is 2.85. The molecule has 2 nitrogen and oxygen atoms in total. The van der Waals surface area contributed by atoms with Crippen LogP contribution in [-0.2, 0) is 6.18 Å². The number of halogens is 3. The summed E-state index contributed by atoms with van der Waals surface area (Å²) in [7, 11) is 0. The van der Waals surface area contributed by atoms with E-state index in [1.807, 2.05) is 0 Å². The molecule has 2 aromatic rings. The molecule has 0 radical (unpaired) electrons. The van der Waals surface area contributed by atoms with Crippen LogP contribution in [0.15, 0.2) is 35.1 Å². The smallest absolute Gasteiger partial charge is 0.362 e. The van der Waals surface area contributed by atoms with Crippen molar-refractivity contribution in [2.75, 3.05) is 0 Å². The van der Waals surface area contributed by atoms with Gasteiger partial charge in [0.15, 0.2) is 5.43 Å². The van der Waals surface area contributed by atoms with E-state index in [0.717, 1.165) is 17.8 Å². The molecule has 0 saturated carbocycles. The molecule has 19 heavy (non-hydrogen) atoms. The lowest BCUT2D eigenvalue weighted by atomic mass is 10.0. The Hall–Kier alpha value is -2.04. The minimum Gasteiger partial charge on any atom is -0.362 e. The molecule has 0 aliphatic heterocycles. The summed E-state index contributed by atoms with van der Waals surface area (Å²) in [5.74, 6) is 0. The van der Waals surface area contributed by atoms with Crippen LogP contribution in [0.3, 0.4) is 0 Å². The van der Waals surface area contributed by atoms with Crippen molar-refractivity contribution in [3.8, 4) is 11.1 Å².